The number of amides is 1. The largest absolute Gasteiger partial charge is 0.416 e. The van der Waals surface area contributed by atoms with Gasteiger partial charge in [0.2, 0.25) is 0 Å². The number of hydrogen-bond acceptors (Lipinski definition) is 5. The summed E-state index contributed by atoms with van der Waals surface area (Å²) in [5, 5.41) is 15.5. The van der Waals surface area contributed by atoms with Crippen LogP contribution in [-0.4, -0.2) is 42.2 Å². The summed E-state index contributed by atoms with van der Waals surface area (Å²) in [6.07, 6.45) is 0.971. The number of nitrogens with one attached hydrogen (secondary N) is 1. The number of hydrogen-bond donors (Lipinski definition) is 1. The van der Waals surface area contributed by atoms with Gasteiger partial charge in [0.1, 0.15) is 0 Å². The van der Waals surface area contributed by atoms with Crippen molar-refractivity contribution in [2.24, 2.45) is 0 Å². The number of aryl methyl sites for hydroxylation is 2. The maximum Gasteiger partial charge on any atom is 0.416 e. The first kappa shape index (κ1) is 24.1. The van der Waals surface area contributed by atoms with Gasteiger partial charge in [0.25, 0.3) is 5.91 Å². The number of carbonyl (C=O) groups is 1. The van der Waals surface area contributed by atoms with Gasteiger partial charge in [-0.2, -0.15) is 33.3 Å². The number of benzene rings is 2. The zero-order valence-electron chi connectivity index (χ0n) is 19.0. The molecule has 0 fully saturated rings. The molecule has 0 saturated carbocycles. The number of nitrogens with zero attached hydrogens (tertiary/aromatic N) is 6. The van der Waals surface area contributed by atoms with Crippen molar-refractivity contribution in [2.45, 2.75) is 38.9 Å². The van der Waals surface area contributed by atoms with Crippen LogP contribution >= 0.6 is 0 Å². The summed E-state index contributed by atoms with van der Waals surface area (Å²) in [5.41, 5.74) is 0.793. The van der Waals surface area contributed by atoms with Crippen LogP contribution in [0.1, 0.15) is 41.5 Å². The third-order valence-electron chi connectivity index (χ3n) is 5.33. The van der Waals surface area contributed by atoms with Crippen molar-refractivity contribution in [3.05, 3.63) is 77.9 Å². The van der Waals surface area contributed by atoms with E-state index in [0.717, 1.165) is 25.0 Å². The van der Waals surface area contributed by atoms with Gasteiger partial charge in [0.05, 0.1) is 30.2 Å². The molecule has 1 N–H and O–H groups in total. The van der Waals surface area contributed by atoms with Gasteiger partial charge < -0.3 is 5.32 Å². The van der Waals surface area contributed by atoms with E-state index >= 15 is 0 Å². The molecule has 0 saturated heterocycles. The summed E-state index contributed by atoms with van der Waals surface area (Å²) in [6, 6.07) is 11.7. The molecule has 8 nitrogen and oxygen atoms in total. The molecule has 0 atom stereocenters. The lowest BCUT2D eigenvalue weighted by atomic mass is 10.1. The minimum atomic E-state index is -4.42. The van der Waals surface area contributed by atoms with Crippen LogP contribution in [-0.2, 0) is 19.1 Å². The highest BCUT2D eigenvalue weighted by Gasteiger charge is 2.30. The first-order valence-electron chi connectivity index (χ1n) is 11.2. The zero-order chi connectivity index (χ0) is 24.8. The summed E-state index contributed by atoms with van der Waals surface area (Å²) >= 11 is 0. The second-order valence-electron chi connectivity index (χ2n) is 7.83. The maximum absolute atomic E-state index is 13.0. The smallest absolute Gasteiger partial charge is 0.352 e. The zero-order valence-corrected chi connectivity index (χ0v) is 19.0. The van der Waals surface area contributed by atoms with Crippen LogP contribution in [0.5, 0.6) is 0 Å². The number of carbonyl (C=O) groups excluding carboxylic acids is 1. The monoisotopic (exact) mass is 483 g/mol. The fourth-order valence-electron chi connectivity index (χ4n) is 3.50. The molecule has 0 spiro atoms. The number of halogens is 3. The van der Waals surface area contributed by atoms with E-state index in [4.69, 9.17) is 0 Å². The fraction of sp³-hybridized carbons (Fsp3) is 0.292. The molecule has 182 valence electrons. The normalized spacial score (nSPS) is 11.5. The van der Waals surface area contributed by atoms with E-state index in [2.05, 4.69) is 25.6 Å². The van der Waals surface area contributed by atoms with E-state index in [1.54, 1.807) is 46.1 Å². The Morgan fingerprint density at radius 2 is 1.77 bits per heavy atom. The topological polar surface area (TPSA) is 90.5 Å². The Morgan fingerprint density at radius 3 is 2.46 bits per heavy atom. The SMILES string of the molecule is CCc1nc(-c2ccc(C(F)(F)F)cc2)n(-c2cccc(C(=O)NCCCCn3nccn3)c2)n1. The highest BCUT2D eigenvalue weighted by Crippen LogP contribution is 2.31. The summed E-state index contributed by atoms with van der Waals surface area (Å²) < 4.78 is 40.4. The van der Waals surface area contributed by atoms with E-state index in [9.17, 15) is 18.0 Å². The van der Waals surface area contributed by atoms with Crippen molar-refractivity contribution in [2.75, 3.05) is 6.54 Å². The lowest BCUT2D eigenvalue weighted by Crippen LogP contribution is -2.24. The molecule has 2 aromatic carbocycles. The molecule has 0 radical (unpaired) electrons. The van der Waals surface area contributed by atoms with Gasteiger partial charge in [-0.1, -0.05) is 25.1 Å². The Bertz CT molecular complexity index is 1270. The van der Waals surface area contributed by atoms with E-state index in [-0.39, 0.29) is 5.91 Å². The lowest BCUT2D eigenvalue weighted by molar-refractivity contribution is -0.137. The minimum absolute atomic E-state index is 0.226. The van der Waals surface area contributed by atoms with E-state index < -0.39 is 11.7 Å². The van der Waals surface area contributed by atoms with Crippen LogP contribution in [0.15, 0.2) is 60.9 Å². The predicted octanol–water partition coefficient (Wildman–Crippen LogP) is 4.32. The summed E-state index contributed by atoms with van der Waals surface area (Å²) in [4.78, 5) is 18.8. The van der Waals surface area contributed by atoms with Crippen molar-refractivity contribution < 1.29 is 18.0 Å². The standard InChI is InChI=1S/C24H24F3N7O/c1-2-21-31-22(17-8-10-19(11-9-17)24(25,26)27)34(32-21)20-7-5-6-18(16-20)23(35)28-12-3-4-15-33-29-13-14-30-33/h5-11,13-14,16H,2-4,12,15H2,1H3,(H,28,35). The van der Waals surface area contributed by atoms with Gasteiger partial charge in [0.15, 0.2) is 11.6 Å². The molecule has 0 aliphatic carbocycles. The molecule has 0 aliphatic rings. The Morgan fingerprint density at radius 1 is 1.03 bits per heavy atom. The average Bonchev–Trinajstić information content (AvgIpc) is 3.53. The van der Waals surface area contributed by atoms with E-state index in [1.807, 2.05) is 6.92 Å². The third kappa shape index (κ3) is 5.92. The van der Waals surface area contributed by atoms with Gasteiger partial charge in [-0.15, -0.1) is 0 Å². The summed E-state index contributed by atoms with van der Waals surface area (Å²) in [5.74, 6) is 0.720. The fourth-order valence-corrected chi connectivity index (χ4v) is 3.50. The highest BCUT2D eigenvalue weighted by molar-refractivity contribution is 5.94. The average molecular weight is 483 g/mol. The van der Waals surface area contributed by atoms with Crippen LogP contribution in [0, 0.1) is 0 Å². The Labute approximate surface area is 199 Å². The molecule has 2 aromatic heterocycles. The Balaban J connectivity index is 1.48. The Hall–Kier alpha value is -4.02. The van der Waals surface area contributed by atoms with E-state index in [0.29, 0.717) is 48.0 Å². The molecule has 11 heteroatoms. The minimum Gasteiger partial charge on any atom is -0.352 e. The van der Waals surface area contributed by atoms with Crippen LogP contribution in [0.4, 0.5) is 13.2 Å². The van der Waals surface area contributed by atoms with Gasteiger partial charge in [-0.3, -0.25) is 4.79 Å². The third-order valence-corrected chi connectivity index (χ3v) is 5.33. The second kappa shape index (κ2) is 10.5. The maximum atomic E-state index is 13.0. The van der Waals surface area contributed by atoms with Crippen molar-refractivity contribution in [1.82, 2.24) is 35.1 Å². The van der Waals surface area contributed by atoms with Gasteiger partial charge >= 0.3 is 6.18 Å². The van der Waals surface area contributed by atoms with Gasteiger partial charge in [0, 0.05) is 24.1 Å². The predicted molar refractivity (Wildman–Crippen MR) is 123 cm³/mol. The first-order chi connectivity index (χ1) is 16.8. The number of rotatable bonds is 9. The van der Waals surface area contributed by atoms with Crippen LogP contribution in [0.25, 0.3) is 17.1 Å². The van der Waals surface area contributed by atoms with Crippen LogP contribution < -0.4 is 5.32 Å². The van der Waals surface area contributed by atoms with Crippen molar-refractivity contribution >= 4 is 5.91 Å². The lowest BCUT2D eigenvalue weighted by Gasteiger charge is -2.10. The summed E-state index contributed by atoms with van der Waals surface area (Å²) in [6.45, 7) is 3.07. The molecule has 1 amide bonds. The number of unbranched alkanes of at least 4 members (excludes halogenated alkanes) is 1. The second-order valence-corrected chi connectivity index (χ2v) is 7.83. The molecule has 0 aliphatic heterocycles. The first-order valence-corrected chi connectivity index (χ1v) is 11.2. The molecular weight excluding hydrogens is 459 g/mol. The number of aromatic nitrogens is 6. The van der Waals surface area contributed by atoms with Gasteiger partial charge in [-0.05, 0) is 43.2 Å². The molecule has 0 bridgehead atoms. The van der Waals surface area contributed by atoms with Crippen molar-refractivity contribution in [3.63, 3.8) is 0 Å². The quantitative estimate of drug-likeness (QED) is 0.358. The van der Waals surface area contributed by atoms with Crippen molar-refractivity contribution in [3.8, 4) is 17.1 Å². The van der Waals surface area contributed by atoms with Crippen LogP contribution in [0.3, 0.4) is 0 Å². The van der Waals surface area contributed by atoms with Crippen LogP contribution in [0.2, 0.25) is 0 Å². The molecule has 35 heavy (non-hydrogen) atoms. The van der Waals surface area contributed by atoms with Crippen molar-refractivity contribution in [1.29, 1.82) is 0 Å². The summed E-state index contributed by atoms with van der Waals surface area (Å²) in [7, 11) is 0. The molecular formula is C24H24F3N7O. The Kier molecular flexibility index (Phi) is 7.23. The highest BCUT2D eigenvalue weighted by atomic mass is 19.4. The molecule has 4 aromatic rings. The van der Waals surface area contributed by atoms with E-state index in [1.165, 1.54) is 12.1 Å². The van der Waals surface area contributed by atoms with Gasteiger partial charge in [-0.25, -0.2) is 9.67 Å². The molecule has 4 rings (SSSR count). The number of alkyl halides is 3. The molecule has 0 unspecified atom stereocenters. The molecule has 2 heterocycles.